The fourth-order valence-electron chi connectivity index (χ4n) is 3.82. The average Bonchev–Trinajstić information content (AvgIpc) is 2.86. The van der Waals surface area contributed by atoms with Crippen molar-refractivity contribution in [3.05, 3.63) is 83.9 Å². The molecule has 0 heterocycles. The number of nitrogens with one attached hydrogen (secondary N) is 2. The summed E-state index contributed by atoms with van der Waals surface area (Å²) in [6.45, 7) is 8.01. The van der Waals surface area contributed by atoms with E-state index in [0.29, 0.717) is 42.3 Å². The van der Waals surface area contributed by atoms with Crippen LogP contribution in [-0.4, -0.2) is 41.4 Å². The Hall–Kier alpha value is -4.20. The third kappa shape index (κ3) is 8.44. The highest BCUT2D eigenvalue weighted by Gasteiger charge is 2.18. The Morgan fingerprint density at radius 3 is 2.55 bits per heavy atom. The number of hydrogen-bond acceptors (Lipinski definition) is 6. The Morgan fingerprint density at radius 1 is 1.13 bits per heavy atom. The maximum atomic E-state index is 12.3. The summed E-state index contributed by atoms with van der Waals surface area (Å²) in [6, 6.07) is 11.4. The molecule has 0 atom stereocenters. The first-order valence-corrected chi connectivity index (χ1v) is 12.7. The number of carbonyl (C=O) groups excluding carboxylic acids is 1. The van der Waals surface area contributed by atoms with Crippen LogP contribution in [0, 0.1) is 0 Å². The molecule has 0 fully saturated rings. The number of rotatable bonds is 10. The van der Waals surface area contributed by atoms with Crippen molar-refractivity contribution in [2.75, 3.05) is 19.0 Å². The van der Waals surface area contributed by atoms with Gasteiger partial charge >= 0.3 is 12.1 Å². The molecule has 0 radical (unpaired) electrons. The molecule has 8 nitrogen and oxygen atoms in total. The minimum atomic E-state index is -0.877. The molecular formula is C30H37N3O5. The number of anilines is 1. The van der Waals surface area contributed by atoms with Crippen LogP contribution in [0.15, 0.2) is 83.9 Å². The smallest absolute Gasteiger partial charge is 0.412 e. The fourth-order valence-corrected chi connectivity index (χ4v) is 3.82. The van der Waals surface area contributed by atoms with E-state index >= 15 is 0 Å². The lowest BCUT2D eigenvalue weighted by atomic mass is 10.0. The van der Waals surface area contributed by atoms with E-state index in [1.165, 1.54) is 0 Å². The van der Waals surface area contributed by atoms with Gasteiger partial charge in [0.15, 0.2) is 0 Å². The number of aliphatic carboxylic acids is 1. The Labute approximate surface area is 224 Å². The van der Waals surface area contributed by atoms with E-state index in [4.69, 9.17) is 9.47 Å². The Kier molecular flexibility index (Phi) is 9.60. The highest BCUT2D eigenvalue weighted by atomic mass is 16.6. The van der Waals surface area contributed by atoms with Gasteiger partial charge in [0, 0.05) is 35.3 Å². The summed E-state index contributed by atoms with van der Waals surface area (Å²) in [5, 5.41) is 17.0. The van der Waals surface area contributed by atoms with E-state index in [1.54, 1.807) is 6.08 Å². The van der Waals surface area contributed by atoms with Gasteiger partial charge in [0.1, 0.15) is 17.1 Å². The van der Waals surface area contributed by atoms with Crippen molar-refractivity contribution in [2.24, 2.45) is 0 Å². The molecule has 1 amide bonds. The first-order chi connectivity index (χ1) is 18.1. The van der Waals surface area contributed by atoms with Gasteiger partial charge in [0.2, 0.25) is 0 Å². The standard InChI is InChI=1S/C30H37N3O5/c1-6-10-23(17-18-33(5)20-31-22-12-9-11-21(19-22)28(34)35)37-27-16-15-26(24-13-7-8-14-25(24)27)32-29(36)38-30(2,3)4/h7-8,10,12-19,31H,6,9,11,20H2,1-5H3,(H,32,36)(H,34,35)/b18-17-,23-10-. The number of ether oxygens (including phenoxy) is 2. The van der Waals surface area contributed by atoms with E-state index in [0.717, 1.165) is 22.9 Å². The molecule has 1 aliphatic rings. The first-order valence-electron chi connectivity index (χ1n) is 12.7. The molecule has 38 heavy (non-hydrogen) atoms. The van der Waals surface area contributed by atoms with Gasteiger partial charge < -0.3 is 24.8 Å². The quantitative estimate of drug-likeness (QED) is 0.186. The van der Waals surface area contributed by atoms with Crippen LogP contribution in [0.25, 0.3) is 10.8 Å². The second-order valence-electron chi connectivity index (χ2n) is 9.98. The monoisotopic (exact) mass is 519 g/mol. The van der Waals surface area contributed by atoms with Crippen LogP contribution >= 0.6 is 0 Å². The molecule has 0 aliphatic heterocycles. The number of hydrogen-bond donors (Lipinski definition) is 3. The van der Waals surface area contributed by atoms with Gasteiger partial charge in [0.05, 0.1) is 12.4 Å². The number of carboxylic acids is 1. The van der Waals surface area contributed by atoms with E-state index in [9.17, 15) is 14.7 Å². The molecule has 202 valence electrons. The molecule has 3 N–H and O–H groups in total. The van der Waals surface area contributed by atoms with Crippen molar-refractivity contribution in [2.45, 2.75) is 52.6 Å². The van der Waals surface area contributed by atoms with Gasteiger partial charge in [-0.1, -0.05) is 37.3 Å². The molecule has 0 saturated heterocycles. The van der Waals surface area contributed by atoms with Gasteiger partial charge in [-0.15, -0.1) is 0 Å². The number of nitrogens with zero attached hydrogens (tertiary/aromatic N) is 1. The zero-order chi connectivity index (χ0) is 27.7. The summed E-state index contributed by atoms with van der Waals surface area (Å²) in [7, 11) is 1.92. The van der Waals surface area contributed by atoms with E-state index in [1.807, 2.05) is 100 Å². The Bertz CT molecular complexity index is 1280. The predicted octanol–water partition coefficient (Wildman–Crippen LogP) is 6.54. The van der Waals surface area contributed by atoms with Crippen molar-refractivity contribution < 1.29 is 24.2 Å². The van der Waals surface area contributed by atoms with E-state index < -0.39 is 17.7 Å². The zero-order valence-corrected chi connectivity index (χ0v) is 22.7. The van der Waals surface area contributed by atoms with Crippen molar-refractivity contribution in [3.8, 4) is 5.75 Å². The maximum absolute atomic E-state index is 12.3. The van der Waals surface area contributed by atoms with Crippen LogP contribution in [0.3, 0.4) is 0 Å². The summed E-state index contributed by atoms with van der Waals surface area (Å²) < 4.78 is 11.7. The topological polar surface area (TPSA) is 100 Å². The van der Waals surface area contributed by atoms with Crippen LogP contribution in [0.1, 0.15) is 47.0 Å². The molecule has 2 aromatic carbocycles. The molecule has 0 spiro atoms. The third-order valence-corrected chi connectivity index (χ3v) is 5.56. The summed E-state index contributed by atoms with van der Waals surface area (Å²) in [4.78, 5) is 25.5. The lowest BCUT2D eigenvalue weighted by Crippen LogP contribution is -2.27. The summed E-state index contributed by atoms with van der Waals surface area (Å²) in [6.07, 6.45) is 11.0. The van der Waals surface area contributed by atoms with Crippen LogP contribution in [0.5, 0.6) is 5.75 Å². The summed E-state index contributed by atoms with van der Waals surface area (Å²) >= 11 is 0. The highest BCUT2D eigenvalue weighted by Crippen LogP contribution is 2.33. The number of benzene rings is 2. The van der Waals surface area contributed by atoms with E-state index in [2.05, 4.69) is 10.6 Å². The molecule has 0 unspecified atom stereocenters. The minimum Gasteiger partial charge on any atom is -0.478 e. The van der Waals surface area contributed by atoms with Crippen molar-refractivity contribution >= 4 is 28.5 Å². The zero-order valence-electron chi connectivity index (χ0n) is 22.7. The van der Waals surface area contributed by atoms with Crippen LogP contribution in [0.2, 0.25) is 0 Å². The number of carboxylic acid groups (broad SMARTS) is 1. The molecule has 0 aromatic heterocycles. The van der Waals surface area contributed by atoms with Gasteiger partial charge in [-0.3, -0.25) is 5.32 Å². The SMILES string of the molecule is CC/C=C(/C=C\N(C)CNC1=CCCC(C(=O)O)=C1)Oc1ccc(NC(=O)OC(C)(C)C)c2ccccc12. The van der Waals surface area contributed by atoms with Gasteiger partial charge in [-0.2, -0.15) is 0 Å². The second-order valence-corrected chi connectivity index (χ2v) is 9.98. The molecule has 0 saturated carbocycles. The molecule has 2 aromatic rings. The average molecular weight is 520 g/mol. The molecular weight excluding hydrogens is 482 g/mol. The predicted molar refractivity (Wildman–Crippen MR) is 151 cm³/mol. The molecule has 3 rings (SSSR count). The number of fused-ring (bicyclic) bond motifs is 1. The van der Waals surface area contributed by atoms with Gasteiger partial charge in [-0.25, -0.2) is 9.59 Å². The highest BCUT2D eigenvalue weighted by molar-refractivity contribution is 6.02. The van der Waals surface area contributed by atoms with Crippen molar-refractivity contribution in [3.63, 3.8) is 0 Å². The largest absolute Gasteiger partial charge is 0.478 e. The van der Waals surface area contributed by atoms with Crippen molar-refractivity contribution in [1.82, 2.24) is 10.2 Å². The minimum absolute atomic E-state index is 0.411. The lowest BCUT2D eigenvalue weighted by molar-refractivity contribution is -0.132. The van der Waals surface area contributed by atoms with Gasteiger partial charge in [0.25, 0.3) is 0 Å². The summed E-state index contributed by atoms with van der Waals surface area (Å²) in [5.41, 5.74) is 1.26. The van der Waals surface area contributed by atoms with E-state index in [-0.39, 0.29) is 0 Å². The Balaban J connectivity index is 1.70. The van der Waals surface area contributed by atoms with Crippen LogP contribution < -0.4 is 15.4 Å². The molecule has 1 aliphatic carbocycles. The normalized spacial score (nSPS) is 14.1. The van der Waals surface area contributed by atoms with Crippen molar-refractivity contribution in [1.29, 1.82) is 0 Å². The fraction of sp³-hybridized carbons (Fsp3) is 0.333. The lowest BCUT2D eigenvalue weighted by Gasteiger charge is -2.20. The van der Waals surface area contributed by atoms with Crippen LogP contribution in [0.4, 0.5) is 10.5 Å². The first kappa shape index (κ1) is 28.4. The number of carbonyl (C=O) groups is 2. The third-order valence-electron chi connectivity index (χ3n) is 5.56. The Morgan fingerprint density at radius 2 is 1.87 bits per heavy atom. The summed E-state index contributed by atoms with van der Waals surface area (Å²) in [5.74, 6) is 0.472. The van der Waals surface area contributed by atoms with Gasteiger partial charge in [-0.05, 0) is 70.4 Å². The molecule has 0 bridgehead atoms. The number of allylic oxidation sites excluding steroid dienone is 4. The second kappa shape index (κ2) is 12.9. The molecule has 8 heteroatoms. The van der Waals surface area contributed by atoms with Crippen LogP contribution in [-0.2, 0) is 9.53 Å². The maximum Gasteiger partial charge on any atom is 0.412 e. The number of amides is 1.